The third-order valence-corrected chi connectivity index (χ3v) is 11.0. The highest BCUT2D eigenvalue weighted by Crippen LogP contribution is 2.48. The van der Waals surface area contributed by atoms with E-state index in [0.717, 1.165) is 16.7 Å². The molecule has 0 fully saturated rings. The summed E-state index contributed by atoms with van der Waals surface area (Å²) in [4.78, 5) is 90.4. The number of ether oxygens (including phenoxy) is 3. The number of thioether (sulfide) groups is 1. The minimum atomic E-state index is -1.37. The van der Waals surface area contributed by atoms with Crippen molar-refractivity contribution in [2.75, 3.05) is 18.8 Å². The molecule has 4 aromatic rings. The maximum absolute atomic E-state index is 14.2. The van der Waals surface area contributed by atoms with E-state index in [2.05, 4.69) is 26.6 Å². The number of alkyl carbamates (subject to hydrolysis) is 2. The summed E-state index contributed by atoms with van der Waals surface area (Å²) in [5, 5.41) is 22.0. The van der Waals surface area contributed by atoms with Gasteiger partial charge in [0, 0.05) is 18.7 Å². The zero-order valence-corrected chi connectivity index (χ0v) is 38.6. The third kappa shape index (κ3) is 16.3. The van der Waals surface area contributed by atoms with Crippen molar-refractivity contribution in [3.05, 3.63) is 138 Å². The number of rotatable bonds is 19. The summed E-state index contributed by atoms with van der Waals surface area (Å²) >= 11 is 1.35. The van der Waals surface area contributed by atoms with Crippen molar-refractivity contribution in [3.8, 4) is 5.75 Å². The Morgan fingerprint density at radius 2 is 1.08 bits per heavy atom. The molecular formula is C48H58N6O11S. The van der Waals surface area contributed by atoms with E-state index < -0.39 is 82.6 Å². The molecule has 0 heterocycles. The fraction of sp³-hybridized carbons (Fsp3) is 0.354. The smallest absolute Gasteiger partial charge is 0.412 e. The molecule has 6 amide bonds. The molecule has 4 rings (SSSR count). The van der Waals surface area contributed by atoms with E-state index in [1.165, 1.54) is 36.0 Å². The lowest BCUT2D eigenvalue weighted by Gasteiger charge is -2.36. The summed E-state index contributed by atoms with van der Waals surface area (Å²) in [6, 6.07) is 30.8. The highest BCUT2D eigenvalue weighted by atomic mass is 32.2. The first-order valence-corrected chi connectivity index (χ1v) is 22.1. The summed E-state index contributed by atoms with van der Waals surface area (Å²) in [5.74, 6) is -3.68. The molecule has 18 heteroatoms. The van der Waals surface area contributed by atoms with Crippen LogP contribution in [-0.2, 0) is 39.8 Å². The summed E-state index contributed by atoms with van der Waals surface area (Å²) in [6.07, 6.45) is -3.04. The van der Waals surface area contributed by atoms with Crippen LogP contribution in [0.5, 0.6) is 5.75 Å². The predicted octanol–water partition coefficient (Wildman–Crippen LogP) is 5.39. The van der Waals surface area contributed by atoms with Crippen LogP contribution in [0, 0.1) is 0 Å². The van der Waals surface area contributed by atoms with E-state index in [-0.39, 0.29) is 30.9 Å². The van der Waals surface area contributed by atoms with E-state index in [1.807, 2.05) is 91.0 Å². The van der Waals surface area contributed by atoms with Crippen molar-refractivity contribution in [3.63, 3.8) is 0 Å². The molecule has 66 heavy (non-hydrogen) atoms. The lowest BCUT2D eigenvalue weighted by molar-refractivity contribution is -0.139. The fourth-order valence-electron chi connectivity index (χ4n) is 6.47. The maximum atomic E-state index is 14.2. The molecule has 0 aliphatic heterocycles. The number of carboxylic acids is 1. The third-order valence-electron chi connectivity index (χ3n) is 9.36. The van der Waals surface area contributed by atoms with E-state index in [4.69, 9.17) is 19.9 Å². The Hall–Kier alpha value is -6.92. The number of imide groups is 1. The van der Waals surface area contributed by atoms with E-state index >= 15 is 0 Å². The van der Waals surface area contributed by atoms with Crippen LogP contribution in [0.1, 0.15) is 70.2 Å². The van der Waals surface area contributed by atoms with Crippen molar-refractivity contribution in [2.24, 2.45) is 5.73 Å². The average molecular weight is 927 g/mol. The number of amides is 6. The Labute approximate surface area is 388 Å². The van der Waals surface area contributed by atoms with Gasteiger partial charge in [0.05, 0.1) is 11.3 Å². The molecule has 0 aliphatic rings. The summed E-state index contributed by atoms with van der Waals surface area (Å²) in [6.45, 7) is 9.17. The van der Waals surface area contributed by atoms with Crippen LogP contribution in [0.15, 0.2) is 115 Å². The lowest BCUT2D eigenvalue weighted by atomic mass is 9.84. The van der Waals surface area contributed by atoms with Crippen LogP contribution in [0.3, 0.4) is 0 Å². The second-order valence-electron chi connectivity index (χ2n) is 17.0. The van der Waals surface area contributed by atoms with Gasteiger partial charge in [-0.05, 0) is 82.3 Å². The predicted molar refractivity (Wildman–Crippen MR) is 249 cm³/mol. The highest BCUT2D eigenvalue weighted by molar-refractivity contribution is 8.00. The summed E-state index contributed by atoms with van der Waals surface area (Å²) in [5.41, 5.74) is 6.93. The number of nitrogens with two attached hydrogens (primary N) is 1. The number of carbonyl (C=O) groups is 7. The number of carboxylic acid groups (broad SMARTS) is 1. The van der Waals surface area contributed by atoms with E-state index in [0.29, 0.717) is 5.56 Å². The molecule has 3 atom stereocenters. The lowest BCUT2D eigenvalue weighted by Crippen LogP contribution is -2.56. The van der Waals surface area contributed by atoms with Gasteiger partial charge >= 0.3 is 24.2 Å². The Balaban J connectivity index is 1.52. The number of hydrogen-bond donors (Lipinski definition) is 7. The molecule has 0 bridgehead atoms. The van der Waals surface area contributed by atoms with E-state index in [1.54, 1.807) is 41.5 Å². The van der Waals surface area contributed by atoms with E-state index in [9.17, 15) is 38.7 Å². The van der Waals surface area contributed by atoms with Gasteiger partial charge in [-0.25, -0.2) is 19.2 Å². The zero-order chi connectivity index (χ0) is 48.5. The number of carbonyl (C=O) groups excluding carboxylic acids is 6. The topological polar surface area (TPSA) is 254 Å². The first-order chi connectivity index (χ1) is 31.2. The van der Waals surface area contributed by atoms with Gasteiger partial charge < -0.3 is 46.3 Å². The first kappa shape index (κ1) is 51.7. The Kier molecular flexibility index (Phi) is 18.7. The Morgan fingerprint density at radius 3 is 1.52 bits per heavy atom. The van der Waals surface area contributed by atoms with Crippen molar-refractivity contribution < 1.29 is 52.9 Å². The highest BCUT2D eigenvalue weighted by Gasteiger charge is 2.39. The number of nitrogens with one attached hydrogen (secondary N) is 5. The first-order valence-electron chi connectivity index (χ1n) is 21.1. The molecule has 4 aromatic carbocycles. The van der Waals surface area contributed by atoms with Gasteiger partial charge in [-0.2, -0.15) is 0 Å². The molecule has 0 saturated heterocycles. The van der Waals surface area contributed by atoms with Crippen LogP contribution >= 0.6 is 11.8 Å². The average Bonchev–Trinajstić information content (AvgIpc) is 3.25. The second-order valence-corrected chi connectivity index (χ2v) is 18.2. The molecule has 352 valence electrons. The molecule has 0 saturated carbocycles. The van der Waals surface area contributed by atoms with Crippen LogP contribution in [0.4, 0.5) is 14.4 Å². The second kappa shape index (κ2) is 23.8. The van der Waals surface area contributed by atoms with Crippen LogP contribution in [0.2, 0.25) is 0 Å². The Morgan fingerprint density at radius 1 is 0.606 bits per heavy atom. The minimum Gasteiger partial charge on any atom is -0.480 e. The van der Waals surface area contributed by atoms with Crippen LogP contribution in [-0.4, -0.2) is 95.2 Å². The van der Waals surface area contributed by atoms with Gasteiger partial charge in [-0.15, -0.1) is 11.8 Å². The molecular weight excluding hydrogens is 869 g/mol. The van der Waals surface area contributed by atoms with Gasteiger partial charge in [0.15, 0.2) is 0 Å². The van der Waals surface area contributed by atoms with Gasteiger partial charge in [-0.1, -0.05) is 103 Å². The van der Waals surface area contributed by atoms with Gasteiger partial charge in [0.2, 0.25) is 17.7 Å². The number of aliphatic carboxylic acids is 1. The van der Waals surface area contributed by atoms with Crippen LogP contribution < -0.4 is 37.1 Å². The van der Waals surface area contributed by atoms with Crippen molar-refractivity contribution in [1.29, 1.82) is 0 Å². The normalized spacial score (nSPS) is 12.8. The summed E-state index contributed by atoms with van der Waals surface area (Å²) < 4.78 is 15.1. The minimum absolute atomic E-state index is 0.0755. The standard InChI is InChI=1S/C48H58N6O11S/c1-46(2,3)64-44(61)52-36(26-27-50-43(60)63-35-24-22-31(23-25-35)28-37(42(58)59)53-45(62)65-47(4,5)6)40(56)51-38(41(57)54-39(55)29-49)30-66-48(32-16-10-7-11-17-32,33-18-12-8-13-19-33)34-20-14-9-15-21-34/h7-25,36-38H,26-30,49H2,1-6H3,(H,50,60)(H,51,56)(H,52,61)(H,53,62)(H,58,59)(H,54,55,57)/t36-,37-,38-/m0/s1. The summed E-state index contributed by atoms with van der Waals surface area (Å²) in [7, 11) is 0. The van der Waals surface area contributed by atoms with Gasteiger partial charge in [-0.3, -0.25) is 19.7 Å². The fourth-order valence-corrected chi connectivity index (χ4v) is 8.03. The maximum Gasteiger partial charge on any atom is 0.412 e. The van der Waals surface area contributed by atoms with Gasteiger partial charge in [0.25, 0.3) is 0 Å². The zero-order valence-electron chi connectivity index (χ0n) is 37.8. The SMILES string of the molecule is CC(C)(C)OC(=O)N[C@@H](Cc1ccc(OC(=O)NCC[C@H](NC(=O)OC(C)(C)C)C(=O)N[C@@H](CSC(c2ccccc2)(c2ccccc2)c2ccccc2)C(=O)NC(=O)CN)cc1)C(=O)O. The van der Waals surface area contributed by atoms with Crippen molar-refractivity contribution >= 4 is 53.7 Å². The van der Waals surface area contributed by atoms with Crippen LogP contribution in [0.25, 0.3) is 0 Å². The molecule has 0 spiro atoms. The molecule has 8 N–H and O–H groups in total. The number of hydrogen-bond acceptors (Lipinski definition) is 12. The molecule has 0 aromatic heterocycles. The largest absolute Gasteiger partial charge is 0.480 e. The Bertz CT molecular complexity index is 2170. The number of benzene rings is 4. The monoisotopic (exact) mass is 926 g/mol. The molecule has 0 aliphatic carbocycles. The van der Waals surface area contributed by atoms with Crippen molar-refractivity contribution in [2.45, 2.75) is 88.5 Å². The molecule has 0 radical (unpaired) electrons. The van der Waals surface area contributed by atoms with Crippen molar-refractivity contribution in [1.82, 2.24) is 26.6 Å². The molecule has 0 unspecified atom stereocenters. The molecule has 17 nitrogen and oxygen atoms in total. The van der Waals surface area contributed by atoms with Gasteiger partial charge in [0.1, 0.15) is 35.1 Å². The quantitative estimate of drug-likeness (QED) is 0.0584.